The number of carbonyl (C=O) groups is 2. The second-order valence-corrected chi connectivity index (χ2v) is 7.61. The van der Waals surface area contributed by atoms with Gasteiger partial charge in [0.1, 0.15) is 5.75 Å². The van der Waals surface area contributed by atoms with E-state index in [2.05, 4.69) is 14.7 Å². The van der Waals surface area contributed by atoms with E-state index in [1.807, 2.05) is 0 Å². The third-order valence-corrected chi connectivity index (χ3v) is 5.13. The van der Waals surface area contributed by atoms with Crippen molar-refractivity contribution in [3.63, 3.8) is 0 Å². The summed E-state index contributed by atoms with van der Waals surface area (Å²) in [5, 5.41) is -0.168. The zero-order valence-corrected chi connectivity index (χ0v) is 15.1. The van der Waals surface area contributed by atoms with Crippen LogP contribution in [-0.4, -0.2) is 42.1 Å². The number of hydrogen-bond donors (Lipinski definition) is 1. The molecule has 0 unspecified atom stereocenters. The van der Waals surface area contributed by atoms with Crippen molar-refractivity contribution < 1.29 is 22.7 Å². The number of hydrogen-bond acceptors (Lipinski definition) is 8. The summed E-state index contributed by atoms with van der Waals surface area (Å²) in [5.74, 6) is 0.0353. The number of aromatic nitrogens is 2. The van der Waals surface area contributed by atoms with Gasteiger partial charge in [-0.1, -0.05) is 11.8 Å². The number of ether oxygens (including phenoxy) is 1. The van der Waals surface area contributed by atoms with Crippen molar-refractivity contribution in [2.45, 2.75) is 11.8 Å². The number of nitrogens with one attached hydrogen (secondary N) is 1. The third-order valence-electron chi connectivity index (χ3n) is 2.98. The highest BCUT2D eigenvalue weighted by Gasteiger charge is 2.16. The number of methoxy groups -OCH3 is 1. The van der Waals surface area contributed by atoms with Crippen molar-refractivity contribution in [2.24, 2.45) is 0 Å². The number of thioether (sulfide) groups is 1. The highest BCUT2D eigenvalue weighted by molar-refractivity contribution is 8.14. The molecule has 0 aliphatic rings. The molecule has 0 amide bonds. The molecule has 0 fully saturated rings. The summed E-state index contributed by atoms with van der Waals surface area (Å²) in [6.07, 6.45) is 2.42. The first-order chi connectivity index (χ1) is 11.8. The molecule has 0 radical (unpaired) electrons. The van der Waals surface area contributed by atoms with Gasteiger partial charge in [0, 0.05) is 19.3 Å². The Morgan fingerprint density at radius 1 is 1.16 bits per heavy atom. The number of sulfonamides is 1. The van der Waals surface area contributed by atoms with E-state index in [-0.39, 0.29) is 33.1 Å². The van der Waals surface area contributed by atoms with E-state index >= 15 is 0 Å². The second-order valence-electron chi connectivity index (χ2n) is 4.78. The fourth-order valence-electron chi connectivity index (χ4n) is 1.71. The van der Waals surface area contributed by atoms with Gasteiger partial charge in [0.2, 0.25) is 5.95 Å². The zero-order chi connectivity index (χ0) is 18.4. The van der Waals surface area contributed by atoms with E-state index in [0.717, 1.165) is 11.8 Å². The lowest BCUT2D eigenvalue weighted by molar-refractivity contribution is -0.109. The van der Waals surface area contributed by atoms with E-state index in [1.165, 1.54) is 50.7 Å². The van der Waals surface area contributed by atoms with Crippen LogP contribution in [0.2, 0.25) is 0 Å². The second kappa shape index (κ2) is 8.08. The van der Waals surface area contributed by atoms with Crippen LogP contribution in [0.3, 0.4) is 0 Å². The zero-order valence-electron chi connectivity index (χ0n) is 13.4. The van der Waals surface area contributed by atoms with E-state index in [4.69, 9.17) is 4.74 Å². The average Bonchev–Trinajstić information content (AvgIpc) is 2.60. The van der Waals surface area contributed by atoms with E-state index in [1.54, 1.807) is 0 Å². The minimum absolute atomic E-state index is 0.0182. The molecule has 25 heavy (non-hydrogen) atoms. The fourth-order valence-corrected chi connectivity index (χ4v) is 3.17. The largest absolute Gasteiger partial charge is 0.497 e. The maximum atomic E-state index is 12.3. The van der Waals surface area contributed by atoms with Crippen LogP contribution >= 0.6 is 11.8 Å². The molecule has 0 atom stereocenters. The van der Waals surface area contributed by atoms with Crippen LogP contribution in [0, 0.1) is 0 Å². The summed E-state index contributed by atoms with van der Waals surface area (Å²) >= 11 is 0.883. The smallest absolute Gasteiger partial charge is 0.264 e. The number of carbonyl (C=O) groups excluding carboxylic acids is 2. The van der Waals surface area contributed by atoms with E-state index in [9.17, 15) is 18.0 Å². The first kappa shape index (κ1) is 18.9. The number of Topliss-reactive ketones (excluding diaryl/α,β-unsaturated/α-hetero) is 1. The Labute approximate surface area is 149 Å². The molecule has 1 aromatic heterocycles. The van der Waals surface area contributed by atoms with Gasteiger partial charge in [0.25, 0.3) is 10.0 Å². The van der Waals surface area contributed by atoms with Gasteiger partial charge in [-0.2, -0.15) is 0 Å². The molecular formula is C15H15N3O5S2. The Morgan fingerprint density at radius 2 is 1.76 bits per heavy atom. The number of nitrogens with zero attached hydrogens (tertiary/aromatic N) is 2. The predicted octanol–water partition coefficient (Wildman–Crippen LogP) is 1.75. The Hall–Kier alpha value is -2.46. The summed E-state index contributed by atoms with van der Waals surface area (Å²) in [7, 11) is -2.38. The summed E-state index contributed by atoms with van der Waals surface area (Å²) in [6.45, 7) is 1.37. The molecule has 1 aromatic carbocycles. The maximum absolute atomic E-state index is 12.3. The average molecular weight is 381 g/mol. The van der Waals surface area contributed by atoms with Crippen LogP contribution < -0.4 is 9.46 Å². The van der Waals surface area contributed by atoms with Gasteiger partial charge < -0.3 is 4.74 Å². The summed E-state index contributed by atoms with van der Waals surface area (Å²) in [5.41, 5.74) is 0.196. The Kier molecular flexibility index (Phi) is 6.10. The van der Waals surface area contributed by atoms with Gasteiger partial charge >= 0.3 is 0 Å². The Balaban J connectivity index is 2.09. The molecule has 10 heteroatoms. The van der Waals surface area contributed by atoms with Crippen LogP contribution in [-0.2, 0) is 14.8 Å². The van der Waals surface area contributed by atoms with Gasteiger partial charge in [0.05, 0.1) is 23.3 Å². The maximum Gasteiger partial charge on any atom is 0.264 e. The van der Waals surface area contributed by atoms with Crippen LogP contribution in [0.25, 0.3) is 0 Å². The molecule has 2 rings (SSSR count). The monoisotopic (exact) mass is 381 g/mol. The molecule has 1 heterocycles. The lowest BCUT2D eigenvalue weighted by atomic mass is 10.2. The summed E-state index contributed by atoms with van der Waals surface area (Å²) in [4.78, 5) is 30.4. The molecule has 1 N–H and O–H groups in total. The molecule has 132 valence electrons. The Bertz CT molecular complexity index is 865. The number of ketones is 1. The van der Waals surface area contributed by atoms with Crippen LogP contribution in [0.15, 0.2) is 41.6 Å². The van der Waals surface area contributed by atoms with Crippen molar-refractivity contribution in [3.8, 4) is 5.75 Å². The minimum atomic E-state index is -3.86. The Morgan fingerprint density at radius 3 is 2.28 bits per heavy atom. The molecule has 8 nitrogen and oxygen atoms in total. The number of rotatable bonds is 7. The number of benzene rings is 1. The number of anilines is 1. The normalized spacial score (nSPS) is 11.0. The quantitative estimate of drug-likeness (QED) is 0.721. The van der Waals surface area contributed by atoms with Crippen LogP contribution in [0.5, 0.6) is 5.75 Å². The van der Waals surface area contributed by atoms with Gasteiger partial charge in [-0.15, -0.1) is 0 Å². The molecule has 0 bridgehead atoms. The van der Waals surface area contributed by atoms with Gasteiger partial charge in [-0.25, -0.2) is 23.1 Å². The van der Waals surface area contributed by atoms with Crippen molar-refractivity contribution in [3.05, 3.63) is 42.2 Å². The van der Waals surface area contributed by atoms with E-state index < -0.39 is 10.0 Å². The fraction of sp³-hybridized carbons (Fsp3) is 0.200. The van der Waals surface area contributed by atoms with Crippen molar-refractivity contribution in [1.29, 1.82) is 0 Å². The summed E-state index contributed by atoms with van der Waals surface area (Å²) < 4.78 is 31.7. The summed E-state index contributed by atoms with van der Waals surface area (Å²) in [6, 6.07) is 5.81. The first-order valence-electron chi connectivity index (χ1n) is 6.97. The molecule has 0 saturated heterocycles. The van der Waals surface area contributed by atoms with Crippen molar-refractivity contribution in [1.82, 2.24) is 9.97 Å². The minimum Gasteiger partial charge on any atom is -0.497 e. The van der Waals surface area contributed by atoms with Gasteiger partial charge in [-0.05, 0) is 24.3 Å². The lowest BCUT2D eigenvalue weighted by Crippen LogP contribution is -2.15. The first-order valence-corrected chi connectivity index (χ1v) is 9.44. The van der Waals surface area contributed by atoms with E-state index in [0.29, 0.717) is 5.75 Å². The third kappa shape index (κ3) is 5.26. The lowest BCUT2D eigenvalue weighted by Gasteiger charge is -2.07. The van der Waals surface area contributed by atoms with Crippen molar-refractivity contribution in [2.75, 3.05) is 17.6 Å². The van der Waals surface area contributed by atoms with Crippen LogP contribution in [0.4, 0.5) is 5.95 Å². The molecule has 0 saturated carbocycles. The highest BCUT2D eigenvalue weighted by atomic mass is 32.2. The van der Waals surface area contributed by atoms with Gasteiger partial charge in [-0.3, -0.25) is 9.59 Å². The van der Waals surface area contributed by atoms with Crippen molar-refractivity contribution >= 4 is 38.6 Å². The molecule has 0 spiro atoms. The topological polar surface area (TPSA) is 115 Å². The standard InChI is InChI=1S/C15H15N3O5S2/c1-10(19)24-9-14(20)11-7-16-15(17-8-11)18-25(21,22)13-5-3-12(23-2)4-6-13/h3-8H,9H2,1-2H3,(H,16,17,18). The highest BCUT2D eigenvalue weighted by Crippen LogP contribution is 2.17. The van der Waals surface area contributed by atoms with Gasteiger partial charge in [0.15, 0.2) is 10.9 Å². The molecule has 0 aliphatic carbocycles. The van der Waals surface area contributed by atoms with Crippen LogP contribution in [0.1, 0.15) is 17.3 Å². The molecule has 0 aliphatic heterocycles. The molecular weight excluding hydrogens is 366 g/mol. The predicted molar refractivity (Wildman–Crippen MR) is 93.3 cm³/mol. The molecule has 2 aromatic rings. The SMILES string of the molecule is COc1ccc(S(=O)(=O)Nc2ncc(C(=O)CSC(C)=O)cn2)cc1.